The summed E-state index contributed by atoms with van der Waals surface area (Å²) in [6, 6.07) is 0.642. The van der Waals surface area contributed by atoms with Crippen LogP contribution in [0.5, 0.6) is 0 Å². The van der Waals surface area contributed by atoms with Crippen molar-refractivity contribution in [3.05, 3.63) is 0 Å². The van der Waals surface area contributed by atoms with Crippen molar-refractivity contribution in [2.75, 3.05) is 33.3 Å². The standard InChI is InChI=1S/C16H32N2O/c1-14(15-8-11-18(2)12-9-15)17-10-13-19-16-6-4-3-5-7-16/h14-17H,3-13H2,1-2H3. The van der Waals surface area contributed by atoms with E-state index < -0.39 is 0 Å². The summed E-state index contributed by atoms with van der Waals surface area (Å²) in [5, 5.41) is 3.66. The van der Waals surface area contributed by atoms with Crippen molar-refractivity contribution >= 4 is 0 Å². The first-order valence-electron chi connectivity index (χ1n) is 8.29. The average molecular weight is 268 g/mol. The second-order valence-corrected chi connectivity index (χ2v) is 6.51. The lowest BCUT2D eigenvalue weighted by Crippen LogP contribution is -2.41. The van der Waals surface area contributed by atoms with Gasteiger partial charge in [-0.25, -0.2) is 0 Å². The molecule has 3 heteroatoms. The van der Waals surface area contributed by atoms with Gasteiger partial charge in [-0.05, 0) is 58.7 Å². The number of hydrogen-bond acceptors (Lipinski definition) is 3. The second-order valence-electron chi connectivity index (χ2n) is 6.51. The molecule has 1 saturated heterocycles. The SMILES string of the molecule is CC(NCCOC1CCCCC1)C1CCN(C)CC1. The Morgan fingerprint density at radius 3 is 2.47 bits per heavy atom. The van der Waals surface area contributed by atoms with Gasteiger partial charge in [-0.15, -0.1) is 0 Å². The molecule has 2 aliphatic rings. The maximum absolute atomic E-state index is 5.97. The molecule has 1 heterocycles. The molecule has 1 atom stereocenters. The Labute approximate surface area is 119 Å². The van der Waals surface area contributed by atoms with Gasteiger partial charge in [0, 0.05) is 12.6 Å². The Hall–Kier alpha value is -0.120. The molecule has 0 spiro atoms. The number of piperidine rings is 1. The quantitative estimate of drug-likeness (QED) is 0.750. The van der Waals surface area contributed by atoms with Gasteiger partial charge in [-0.3, -0.25) is 0 Å². The van der Waals surface area contributed by atoms with Crippen LogP contribution in [0.1, 0.15) is 51.9 Å². The lowest BCUT2D eigenvalue weighted by molar-refractivity contribution is 0.0283. The number of rotatable bonds is 6. The van der Waals surface area contributed by atoms with Gasteiger partial charge in [-0.1, -0.05) is 19.3 Å². The summed E-state index contributed by atoms with van der Waals surface area (Å²) in [7, 11) is 2.23. The van der Waals surface area contributed by atoms with E-state index in [1.807, 2.05) is 0 Å². The first-order valence-corrected chi connectivity index (χ1v) is 8.29. The van der Waals surface area contributed by atoms with E-state index in [-0.39, 0.29) is 0 Å². The first kappa shape index (κ1) is 15.3. The Bertz CT molecular complexity index is 233. The number of ether oxygens (including phenoxy) is 1. The monoisotopic (exact) mass is 268 g/mol. The fraction of sp³-hybridized carbons (Fsp3) is 1.00. The van der Waals surface area contributed by atoms with Gasteiger partial charge >= 0.3 is 0 Å². The van der Waals surface area contributed by atoms with Crippen LogP contribution in [0, 0.1) is 5.92 Å². The van der Waals surface area contributed by atoms with Gasteiger partial charge in [0.1, 0.15) is 0 Å². The van der Waals surface area contributed by atoms with Crippen LogP contribution in [0.25, 0.3) is 0 Å². The summed E-state index contributed by atoms with van der Waals surface area (Å²) < 4.78 is 5.97. The maximum atomic E-state index is 5.97. The van der Waals surface area contributed by atoms with Crippen LogP contribution >= 0.6 is 0 Å². The average Bonchev–Trinajstić information content (AvgIpc) is 2.45. The fourth-order valence-electron chi connectivity index (χ4n) is 3.44. The fourth-order valence-corrected chi connectivity index (χ4v) is 3.44. The highest BCUT2D eigenvalue weighted by atomic mass is 16.5. The van der Waals surface area contributed by atoms with Gasteiger partial charge < -0.3 is 15.0 Å². The van der Waals surface area contributed by atoms with Crippen molar-refractivity contribution in [1.82, 2.24) is 10.2 Å². The minimum atomic E-state index is 0.550. The molecule has 1 unspecified atom stereocenters. The lowest BCUT2D eigenvalue weighted by Gasteiger charge is -2.33. The highest BCUT2D eigenvalue weighted by molar-refractivity contribution is 4.78. The van der Waals surface area contributed by atoms with Crippen LogP contribution in [-0.4, -0.2) is 50.3 Å². The Morgan fingerprint density at radius 2 is 1.79 bits per heavy atom. The summed E-state index contributed by atoms with van der Waals surface area (Å²) in [5.74, 6) is 0.853. The highest BCUT2D eigenvalue weighted by Crippen LogP contribution is 2.21. The molecule has 0 aromatic carbocycles. The van der Waals surface area contributed by atoms with Crippen molar-refractivity contribution < 1.29 is 4.74 Å². The van der Waals surface area contributed by atoms with E-state index in [0.29, 0.717) is 12.1 Å². The minimum Gasteiger partial charge on any atom is -0.377 e. The Balaban J connectivity index is 1.52. The van der Waals surface area contributed by atoms with Crippen LogP contribution in [0.3, 0.4) is 0 Å². The van der Waals surface area contributed by atoms with Crippen LogP contribution in [0.15, 0.2) is 0 Å². The molecule has 0 amide bonds. The number of hydrogen-bond donors (Lipinski definition) is 1. The van der Waals surface area contributed by atoms with E-state index in [1.54, 1.807) is 0 Å². The van der Waals surface area contributed by atoms with Crippen LogP contribution < -0.4 is 5.32 Å². The molecule has 1 aliphatic heterocycles. The highest BCUT2D eigenvalue weighted by Gasteiger charge is 2.21. The van der Waals surface area contributed by atoms with Crippen molar-refractivity contribution in [3.8, 4) is 0 Å². The zero-order valence-electron chi connectivity index (χ0n) is 12.9. The second kappa shape index (κ2) is 8.23. The molecule has 2 fully saturated rings. The molecule has 0 aromatic rings. The molecular formula is C16H32N2O. The van der Waals surface area contributed by atoms with E-state index in [0.717, 1.165) is 19.1 Å². The predicted octanol–water partition coefficient (Wildman–Crippen LogP) is 2.66. The predicted molar refractivity (Wildman–Crippen MR) is 80.5 cm³/mol. The largest absolute Gasteiger partial charge is 0.377 e. The molecule has 19 heavy (non-hydrogen) atoms. The van der Waals surface area contributed by atoms with Gasteiger partial charge in [0.2, 0.25) is 0 Å². The van der Waals surface area contributed by atoms with Gasteiger partial charge in [0.15, 0.2) is 0 Å². The molecule has 112 valence electrons. The summed E-state index contributed by atoms with van der Waals surface area (Å²) in [6.45, 7) is 6.77. The molecule has 1 N–H and O–H groups in total. The van der Waals surface area contributed by atoms with Crippen molar-refractivity contribution in [1.29, 1.82) is 0 Å². The molecule has 1 saturated carbocycles. The third kappa shape index (κ3) is 5.41. The van der Waals surface area contributed by atoms with Crippen LogP contribution in [0.2, 0.25) is 0 Å². The Kier molecular flexibility index (Phi) is 6.62. The minimum absolute atomic E-state index is 0.550. The van der Waals surface area contributed by atoms with E-state index in [1.165, 1.54) is 58.0 Å². The van der Waals surface area contributed by atoms with E-state index in [4.69, 9.17) is 4.74 Å². The zero-order valence-corrected chi connectivity index (χ0v) is 12.9. The molecule has 0 bridgehead atoms. The smallest absolute Gasteiger partial charge is 0.0594 e. The van der Waals surface area contributed by atoms with Gasteiger partial charge in [0.05, 0.1) is 12.7 Å². The molecular weight excluding hydrogens is 236 g/mol. The lowest BCUT2D eigenvalue weighted by atomic mass is 9.90. The third-order valence-electron chi connectivity index (χ3n) is 4.94. The van der Waals surface area contributed by atoms with Gasteiger partial charge in [-0.2, -0.15) is 0 Å². The number of nitrogens with one attached hydrogen (secondary N) is 1. The molecule has 1 aliphatic carbocycles. The molecule has 0 radical (unpaired) electrons. The first-order chi connectivity index (χ1) is 9.25. The van der Waals surface area contributed by atoms with E-state index in [9.17, 15) is 0 Å². The van der Waals surface area contributed by atoms with Crippen LogP contribution in [0.4, 0.5) is 0 Å². The summed E-state index contributed by atoms with van der Waals surface area (Å²) in [6.07, 6.45) is 9.94. The van der Waals surface area contributed by atoms with E-state index >= 15 is 0 Å². The van der Waals surface area contributed by atoms with Crippen molar-refractivity contribution in [2.24, 2.45) is 5.92 Å². The summed E-state index contributed by atoms with van der Waals surface area (Å²) >= 11 is 0. The molecule has 2 rings (SSSR count). The number of likely N-dealkylation sites (tertiary alicyclic amines) is 1. The maximum Gasteiger partial charge on any atom is 0.0594 e. The van der Waals surface area contributed by atoms with Crippen molar-refractivity contribution in [3.63, 3.8) is 0 Å². The summed E-state index contributed by atoms with van der Waals surface area (Å²) in [5.41, 5.74) is 0. The molecule has 0 aromatic heterocycles. The van der Waals surface area contributed by atoms with Crippen LogP contribution in [-0.2, 0) is 4.74 Å². The number of nitrogens with zero attached hydrogens (tertiary/aromatic N) is 1. The summed E-state index contributed by atoms with van der Waals surface area (Å²) in [4.78, 5) is 2.44. The Morgan fingerprint density at radius 1 is 1.11 bits per heavy atom. The molecule has 3 nitrogen and oxygen atoms in total. The van der Waals surface area contributed by atoms with Gasteiger partial charge in [0.25, 0.3) is 0 Å². The van der Waals surface area contributed by atoms with E-state index in [2.05, 4.69) is 24.2 Å². The van der Waals surface area contributed by atoms with Crippen molar-refractivity contribution in [2.45, 2.75) is 64.0 Å². The topological polar surface area (TPSA) is 24.5 Å². The third-order valence-corrected chi connectivity index (χ3v) is 4.94. The zero-order chi connectivity index (χ0) is 13.5. The normalized spacial score (nSPS) is 25.6.